The maximum Gasteiger partial charge on any atom is 0.244 e. The molecule has 1 saturated heterocycles. The molecule has 0 saturated carbocycles. The summed E-state index contributed by atoms with van der Waals surface area (Å²) in [5, 5.41) is 4.32. The molecule has 0 aromatic carbocycles. The zero-order valence-electron chi connectivity index (χ0n) is 12.6. The molecule has 3 N–H and O–H groups in total. The van der Waals surface area contributed by atoms with E-state index < -0.39 is 10.0 Å². The fourth-order valence-corrected chi connectivity index (χ4v) is 4.31. The maximum absolute atomic E-state index is 12.6. The minimum absolute atomic E-state index is 0.157. The topological polar surface area (TPSA) is 99.2 Å². The van der Waals surface area contributed by atoms with Crippen molar-refractivity contribution in [2.24, 2.45) is 5.73 Å². The first-order valence-corrected chi connectivity index (χ1v) is 8.78. The van der Waals surface area contributed by atoms with Gasteiger partial charge in [-0.1, -0.05) is 0 Å². The third-order valence-electron chi connectivity index (χ3n) is 3.64. The summed E-state index contributed by atoms with van der Waals surface area (Å²) in [7, 11) is -3.57. The summed E-state index contributed by atoms with van der Waals surface area (Å²) in [6.45, 7) is 5.82. The zero-order valence-corrected chi connectivity index (χ0v) is 13.4. The van der Waals surface area contributed by atoms with Crippen molar-refractivity contribution in [3.05, 3.63) is 11.4 Å². The van der Waals surface area contributed by atoms with E-state index in [0.717, 1.165) is 19.3 Å². The number of ether oxygens (including phenoxy) is 1. The predicted octanol–water partition coefficient (Wildman–Crippen LogP) is 0.306. The lowest BCUT2D eigenvalue weighted by molar-refractivity contribution is 0.0774. The van der Waals surface area contributed by atoms with Gasteiger partial charge in [0.15, 0.2) is 0 Å². The summed E-state index contributed by atoms with van der Waals surface area (Å²) < 4.78 is 34.9. The molecule has 0 aliphatic carbocycles. The Morgan fingerprint density at radius 1 is 1.48 bits per heavy atom. The first-order valence-electron chi connectivity index (χ1n) is 7.30. The Labute approximate surface area is 125 Å². The van der Waals surface area contributed by atoms with E-state index in [0.29, 0.717) is 37.7 Å². The monoisotopic (exact) mass is 316 g/mol. The zero-order chi connectivity index (χ0) is 15.5. The van der Waals surface area contributed by atoms with Crippen molar-refractivity contribution >= 4 is 10.0 Å². The van der Waals surface area contributed by atoms with Gasteiger partial charge < -0.3 is 10.5 Å². The lowest BCUT2D eigenvalue weighted by Crippen LogP contribution is -2.40. The Morgan fingerprint density at radius 3 is 2.86 bits per heavy atom. The molecular formula is C13H24N4O3S. The number of aryl methyl sites for hydroxylation is 2. The smallest absolute Gasteiger partial charge is 0.244 e. The van der Waals surface area contributed by atoms with Gasteiger partial charge in [0.05, 0.1) is 18.0 Å². The molecule has 2 rings (SSSR count). The van der Waals surface area contributed by atoms with E-state index in [1.54, 1.807) is 18.5 Å². The molecule has 1 aliphatic rings. The average molecular weight is 316 g/mol. The fourth-order valence-electron chi connectivity index (χ4n) is 2.64. The molecular weight excluding hydrogens is 292 g/mol. The number of sulfonamides is 1. The molecule has 0 radical (unpaired) electrons. The van der Waals surface area contributed by atoms with Crippen LogP contribution in [-0.2, 0) is 21.3 Å². The number of aromatic nitrogens is 2. The van der Waals surface area contributed by atoms with Crippen LogP contribution in [0.25, 0.3) is 0 Å². The van der Waals surface area contributed by atoms with E-state index in [4.69, 9.17) is 10.5 Å². The van der Waals surface area contributed by atoms with Crippen molar-refractivity contribution in [2.75, 3.05) is 19.8 Å². The van der Waals surface area contributed by atoms with Crippen LogP contribution in [0.3, 0.4) is 0 Å². The summed E-state index contributed by atoms with van der Waals surface area (Å²) in [5.74, 6) is 0. The van der Waals surface area contributed by atoms with Crippen LogP contribution in [0.1, 0.15) is 30.7 Å². The van der Waals surface area contributed by atoms with Crippen LogP contribution in [0.15, 0.2) is 4.90 Å². The number of hydrogen-bond donors (Lipinski definition) is 2. The number of rotatable bonds is 6. The molecule has 1 unspecified atom stereocenters. The molecule has 0 spiro atoms. The van der Waals surface area contributed by atoms with Crippen molar-refractivity contribution in [1.29, 1.82) is 0 Å². The van der Waals surface area contributed by atoms with Gasteiger partial charge in [0.2, 0.25) is 10.0 Å². The first-order chi connectivity index (χ1) is 9.95. The van der Waals surface area contributed by atoms with E-state index in [1.165, 1.54) is 0 Å². The van der Waals surface area contributed by atoms with E-state index in [-0.39, 0.29) is 10.9 Å². The standard InChI is InChI=1S/C13H24N4O3S/c1-10-13(11(2)17(15-10)7-4-6-14)21(18,19)16-12-5-3-8-20-9-12/h12,16H,3-9,14H2,1-2H3. The molecule has 1 fully saturated rings. The van der Waals surface area contributed by atoms with Gasteiger partial charge in [0.25, 0.3) is 0 Å². The summed E-state index contributed by atoms with van der Waals surface area (Å²) in [6.07, 6.45) is 2.45. The number of nitrogens with two attached hydrogens (primary N) is 1. The van der Waals surface area contributed by atoms with Gasteiger partial charge in [-0.05, 0) is 39.7 Å². The molecule has 1 atom stereocenters. The van der Waals surface area contributed by atoms with Gasteiger partial charge in [-0.3, -0.25) is 4.68 Å². The summed E-state index contributed by atoms with van der Waals surface area (Å²) in [5.41, 5.74) is 6.67. The predicted molar refractivity (Wildman–Crippen MR) is 79.5 cm³/mol. The minimum Gasteiger partial charge on any atom is -0.380 e. The van der Waals surface area contributed by atoms with Crippen LogP contribution >= 0.6 is 0 Å². The van der Waals surface area contributed by atoms with Crippen molar-refractivity contribution < 1.29 is 13.2 Å². The van der Waals surface area contributed by atoms with E-state index in [2.05, 4.69) is 9.82 Å². The van der Waals surface area contributed by atoms with Gasteiger partial charge in [-0.25, -0.2) is 13.1 Å². The van der Waals surface area contributed by atoms with Gasteiger partial charge in [-0.2, -0.15) is 5.10 Å². The van der Waals surface area contributed by atoms with Crippen LogP contribution < -0.4 is 10.5 Å². The molecule has 8 heteroatoms. The second-order valence-electron chi connectivity index (χ2n) is 5.40. The second-order valence-corrected chi connectivity index (χ2v) is 7.05. The third kappa shape index (κ3) is 3.82. The van der Waals surface area contributed by atoms with E-state index in [9.17, 15) is 8.42 Å². The first kappa shape index (κ1) is 16.4. The normalized spacial score (nSPS) is 19.9. The SMILES string of the molecule is Cc1nn(CCCN)c(C)c1S(=O)(=O)NC1CCCOC1. The van der Waals surface area contributed by atoms with Crippen LogP contribution in [-0.4, -0.2) is 44.0 Å². The number of nitrogens with zero attached hydrogens (tertiary/aromatic N) is 2. The molecule has 1 aromatic rings. The largest absolute Gasteiger partial charge is 0.380 e. The summed E-state index contributed by atoms with van der Waals surface area (Å²) >= 11 is 0. The second kappa shape index (κ2) is 6.87. The molecule has 7 nitrogen and oxygen atoms in total. The highest BCUT2D eigenvalue weighted by Gasteiger charge is 2.28. The fraction of sp³-hybridized carbons (Fsp3) is 0.769. The maximum atomic E-state index is 12.6. The highest BCUT2D eigenvalue weighted by molar-refractivity contribution is 7.89. The van der Waals surface area contributed by atoms with Crippen LogP contribution in [0.5, 0.6) is 0 Å². The number of hydrogen-bond acceptors (Lipinski definition) is 5. The lowest BCUT2D eigenvalue weighted by Gasteiger charge is -2.23. The highest BCUT2D eigenvalue weighted by Crippen LogP contribution is 2.21. The van der Waals surface area contributed by atoms with Gasteiger partial charge in [0.1, 0.15) is 4.90 Å². The third-order valence-corrected chi connectivity index (χ3v) is 5.41. The summed E-state index contributed by atoms with van der Waals surface area (Å²) in [6, 6.07) is -0.157. The van der Waals surface area contributed by atoms with Gasteiger partial charge in [0, 0.05) is 19.2 Å². The van der Waals surface area contributed by atoms with Crippen molar-refractivity contribution in [1.82, 2.24) is 14.5 Å². The molecule has 2 heterocycles. The Kier molecular flexibility index (Phi) is 5.37. The molecule has 0 amide bonds. The lowest BCUT2D eigenvalue weighted by atomic mass is 10.1. The Balaban J connectivity index is 2.20. The van der Waals surface area contributed by atoms with Crippen LogP contribution in [0.4, 0.5) is 0 Å². The molecule has 0 bridgehead atoms. The van der Waals surface area contributed by atoms with E-state index >= 15 is 0 Å². The van der Waals surface area contributed by atoms with E-state index in [1.807, 2.05) is 0 Å². The van der Waals surface area contributed by atoms with Crippen molar-refractivity contribution in [3.63, 3.8) is 0 Å². The quantitative estimate of drug-likeness (QED) is 0.786. The minimum atomic E-state index is -3.57. The molecule has 1 aromatic heterocycles. The average Bonchev–Trinajstić information content (AvgIpc) is 2.72. The highest BCUT2D eigenvalue weighted by atomic mass is 32.2. The van der Waals surface area contributed by atoms with Gasteiger partial charge >= 0.3 is 0 Å². The molecule has 1 aliphatic heterocycles. The Morgan fingerprint density at radius 2 is 2.24 bits per heavy atom. The Hall–Kier alpha value is -0.960. The van der Waals surface area contributed by atoms with Gasteiger partial charge in [-0.15, -0.1) is 0 Å². The molecule has 21 heavy (non-hydrogen) atoms. The van der Waals surface area contributed by atoms with Crippen molar-refractivity contribution in [2.45, 2.75) is 50.6 Å². The van der Waals surface area contributed by atoms with Crippen LogP contribution in [0.2, 0.25) is 0 Å². The Bertz CT molecular complexity index is 576. The van der Waals surface area contributed by atoms with Crippen LogP contribution in [0, 0.1) is 13.8 Å². The summed E-state index contributed by atoms with van der Waals surface area (Å²) in [4.78, 5) is 0.282. The van der Waals surface area contributed by atoms with Crippen molar-refractivity contribution in [3.8, 4) is 0 Å². The molecule has 120 valence electrons. The number of nitrogens with one attached hydrogen (secondary N) is 1.